The van der Waals surface area contributed by atoms with Gasteiger partial charge >= 0.3 is 0 Å². The largest absolute Gasteiger partial charge is 0.454 e. The van der Waals surface area contributed by atoms with Crippen molar-refractivity contribution in [3.8, 4) is 11.5 Å². The predicted molar refractivity (Wildman–Crippen MR) is 162 cm³/mol. The van der Waals surface area contributed by atoms with Crippen LogP contribution in [0.15, 0.2) is 108 Å². The van der Waals surface area contributed by atoms with Crippen molar-refractivity contribution in [2.45, 2.75) is 17.5 Å². The lowest BCUT2D eigenvalue weighted by Gasteiger charge is -2.38. The smallest absolute Gasteiger partial charge is 0.238 e. The second kappa shape index (κ2) is 8.94. The second-order valence-corrected chi connectivity index (χ2v) is 11.5. The third-order valence-electron chi connectivity index (χ3n) is 9.45. The van der Waals surface area contributed by atoms with Gasteiger partial charge in [-0.25, -0.2) is 0 Å². The van der Waals surface area contributed by atoms with Crippen molar-refractivity contribution in [3.63, 3.8) is 0 Å². The zero-order valence-electron chi connectivity index (χ0n) is 23.2. The molecule has 0 aliphatic carbocycles. The normalized spacial score (nSPS) is 23.9. The molecular weight excluding hydrogens is 556 g/mol. The van der Waals surface area contributed by atoms with Crippen molar-refractivity contribution in [2.75, 3.05) is 12.1 Å². The number of rotatable bonds is 4. The number of Topliss-reactive ketones (excluding diaryl/α,β-unsaturated/α-hetero) is 2. The highest BCUT2D eigenvalue weighted by Gasteiger charge is 2.71. The number of hydrogen-bond donors (Lipinski definition) is 1. The van der Waals surface area contributed by atoms with Crippen molar-refractivity contribution in [3.05, 3.63) is 131 Å². The third-order valence-corrected chi connectivity index (χ3v) is 9.45. The molecule has 5 aromatic rings. The van der Waals surface area contributed by atoms with Crippen molar-refractivity contribution in [2.24, 2.45) is 5.92 Å². The fraction of sp³-hybridized carbons (Fsp3) is 0.139. The van der Waals surface area contributed by atoms with Crippen molar-refractivity contribution >= 4 is 40.2 Å². The molecule has 4 aliphatic rings. The van der Waals surface area contributed by atoms with Gasteiger partial charge in [0.15, 0.2) is 23.0 Å². The van der Waals surface area contributed by atoms with E-state index < -0.39 is 29.2 Å². The molecule has 8 nitrogen and oxygen atoms in total. The van der Waals surface area contributed by atoms with Crippen LogP contribution >= 0.6 is 0 Å². The number of amides is 1. The fourth-order valence-corrected chi connectivity index (χ4v) is 7.64. The minimum Gasteiger partial charge on any atom is -0.454 e. The van der Waals surface area contributed by atoms with E-state index >= 15 is 4.79 Å². The van der Waals surface area contributed by atoms with Crippen LogP contribution in [0.25, 0.3) is 17.0 Å². The summed E-state index contributed by atoms with van der Waals surface area (Å²) >= 11 is 0. The number of anilines is 1. The van der Waals surface area contributed by atoms with E-state index in [-0.39, 0.29) is 24.2 Å². The van der Waals surface area contributed by atoms with Gasteiger partial charge < -0.3 is 24.1 Å². The molecule has 1 aromatic heterocycles. The molecule has 1 spiro atoms. The molecule has 1 N–H and O–H groups in total. The van der Waals surface area contributed by atoms with Crippen molar-refractivity contribution < 1.29 is 28.3 Å². The maximum atomic E-state index is 15.0. The highest BCUT2D eigenvalue weighted by molar-refractivity contribution is 6.16. The van der Waals surface area contributed by atoms with Crippen LogP contribution in [0.2, 0.25) is 0 Å². The van der Waals surface area contributed by atoms with E-state index in [0.29, 0.717) is 33.9 Å². The van der Waals surface area contributed by atoms with Crippen LogP contribution in [-0.4, -0.2) is 35.2 Å². The zero-order chi connectivity index (χ0) is 29.6. The molecule has 214 valence electrons. The Hall–Kier alpha value is -5.63. The Morgan fingerprint density at radius 2 is 1.64 bits per heavy atom. The van der Waals surface area contributed by atoms with Gasteiger partial charge in [-0.2, -0.15) is 0 Å². The minimum absolute atomic E-state index is 0.0668. The number of carbonyl (C=O) groups excluding carboxylic acids is 3. The average molecular weight is 581 g/mol. The van der Waals surface area contributed by atoms with Gasteiger partial charge in [0.25, 0.3) is 0 Å². The number of carbonyl (C=O) groups is 3. The number of nitrogens with one attached hydrogen (secondary N) is 1. The summed E-state index contributed by atoms with van der Waals surface area (Å²) in [6.45, 7) is 0.0668. The highest BCUT2D eigenvalue weighted by atomic mass is 16.7. The van der Waals surface area contributed by atoms with Gasteiger partial charge in [0.05, 0.1) is 12.0 Å². The maximum absolute atomic E-state index is 15.0. The first kappa shape index (κ1) is 24.9. The topological polar surface area (TPSA) is 98.1 Å². The zero-order valence-corrected chi connectivity index (χ0v) is 23.2. The average Bonchev–Trinajstić information content (AvgIpc) is 3.83. The molecule has 4 aliphatic heterocycles. The van der Waals surface area contributed by atoms with E-state index in [9.17, 15) is 9.59 Å². The SMILES string of the molecule is O=C(c1ccc2c(c1)OCO2)[C@@H]1[C@H](C(=O)c2cc3ccccc3o2)[C@@]2(C(=O)Nc3ccccc32)[C@@H]2c3ccccc3C=CN12. The van der Waals surface area contributed by atoms with Gasteiger partial charge in [-0.1, -0.05) is 60.7 Å². The molecule has 9 rings (SSSR count). The number of ketones is 2. The van der Waals surface area contributed by atoms with E-state index in [2.05, 4.69) is 5.32 Å². The fourth-order valence-electron chi connectivity index (χ4n) is 7.64. The molecule has 1 amide bonds. The first-order chi connectivity index (χ1) is 21.6. The molecule has 0 unspecified atom stereocenters. The van der Waals surface area contributed by atoms with E-state index in [1.807, 2.05) is 83.9 Å². The summed E-state index contributed by atoms with van der Waals surface area (Å²) in [6.07, 6.45) is 3.79. The summed E-state index contributed by atoms with van der Waals surface area (Å²) in [6, 6.07) is 27.7. The summed E-state index contributed by atoms with van der Waals surface area (Å²) in [4.78, 5) is 46.3. The molecule has 0 saturated carbocycles. The molecule has 8 heteroatoms. The van der Waals surface area contributed by atoms with Crippen LogP contribution in [0.1, 0.15) is 43.6 Å². The molecule has 4 aromatic carbocycles. The Balaban J connectivity index is 1.32. The van der Waals surface area contributed by atoms with Gasteiger partial charge in [-0.3, -0.25) is 14.4 Å². The van der Waals surface area contributed by atoms with Crippen LogP contribution in [-0.2, 0) is 10.2 Å². The number of nitrogens with zero attached hydrogens (tertiary/aromatic N) is 1. The van der Waals surface area contributed by atoms with Gasteiger partial charge in [-0.05, 0) is 59.2 Å². The van der Waals surface area contributed by atoms with Crippen molar-refractivity contribution in [1.29, 1.82) is 0 Å². The minimum atomic E-state index is -1.44. The molecule has 4 atom stereocenters. The monoisotopic (exact) mass is 580 g/mol. The van der Waals surface area contributed by atoms with Crippen LogP contribution in [0.3, 0.4) is 0 Å². The standard InChI is InChI=1S/C36H24N2O6/c39-32(22-13-14-27-28(18-22)43-19-42-27)31-30(33(40)29-17-21-8-2-6-12-26(21)44-29)36(24-10-4-5-11-25(24)37-35(36)41)34-23-9-3-1-7-20(23)15-16-38(31)34/h1-18,30-31,34H,19H2,(H,37,41)/t30-,31+,34+,36-/m1/s1. The van der Waals surface area contributed by atoms with E-state index in [4.69, 9.17) is 13.9 Å². The molecular formula is C36H24N2O6. The molecule has 1 saturated heterocycles. The Morgan fingerprint density at radius 1 is 0.841 bits per heavy atom. The Bertz CT molecular complexity index is 2060. The van der Waals surface area contributed by atoms with Gasteiger partial charge in [0.2, 0.25) is 18.5 Å². The molecule has 0 bridgehead atoms. The van der Waals surface area contributed by atoms with Crippen LogP contribution in [0.5, 0.6) is 11.5 Å². The number of ether oxygens (including phenoxy) is 2. The van der Waals surface area contributed by atoms with Crippen LogP contribution in [0, 0.1) is 5.92 Å². The lowest BCUT2D eigenvalue weighted by atomic mass is 9.63. The Labute approximate surface area is 251 Å². The van der Waals surface area contributed by atoms with Gasteiger partial charge in [-0.15, -0.1) is 0 Å². The number of furan rings is 1. The summed E-state index contributed by atoms with van der Waals surface area (Å²) in [5.74, 6) is -1.06. The van der Waals surface area contributed by atoms with E-state index in [1.54, 1.807) is 30.3 Å². The van der Waals surface area contributed by atoms with Crippen LogP contribution < -0.4 is 14.8 Å². The second-order valence-electron chi connectivity index (χ2n) is 11.5. The third kappa shape index (κ3) is 3.19. The lowest BCUT2D eigenvalue weighted by Crippen LogP contribution is -2.49. The quantitative estimate of drug-likeness (QED) is 0.255. The maximum Gasteiger partial charge on any atom is 0.238 e. The van der Waals surface area contributed by atoms with Crippen LogP contribution in [0.4, 0.5) is 5.69 Å². The number of hydrogen-bond acceptors (Lipinski definition) is 7. The number of fused-ring (bicyclic) bond motifs is 8. The van der Waals surface area contributed by atoms with Gasteiger partial charge in [0, 0.05) is 22.8 Å². The van der Waals surface area contributed by atoms with E-state index in [1.165, 1.54) is 0 Å². The van der Waals surface area contributed by atoms with Crippen molar-refractivity contribution in [1.82, 2.24) is 4.90 Å². The first-order valence-corrected chi connectivity index (χ1v) is 14.5. The number of para-hydroxylation sites is 2. The Kier molecular flexibility index (Phi) is 5.06. The predicted octanol–water partition coefficient (Wildman–Crippen LogP) is 6.14. The molecule has 5 heterocycles. The molecule has 44 heavy (non-hydrogen) atoms. The lowest BCUT2D eigenvalue weighted by molar-refractivity contribution is -0.122. The summed E-state index contributed by atoms with van der Waals surface area (Å²) in [7, 11) is 0. The highest BCUT2D eigenvalue weighted by Crippen LogP contribution is 2.62. The Morgan fingerprint density at radius 3 is 2.55 bits per heavy atom. The number of benzene rings is 4. The summed E-state index contributed by atoms with van der Waals surface area (Å²) in [5, 5.41) is 3.83. The summed E-state index contributed by atoms with van der Waals surface area (Å²) < 4.78 is 17.2. The molecule has 0 radical (unpaired) electrons. The van der Waals surface area contributed by atoms with E-state index in [0.717, 1.165) is 16.5 Å². The molecule has 1 fully saturated rings. The van der Waals surface area contributed by atoms with Gasteiger partial charge in [0.1, 0.15) is 17.0 Å². The summed E-state index contributed by atoms with van der Waals surface area (Å²) in [5.41, 5.74) is 2.58. The first-order valence-electron chi connectivity index (χ1n) is 14.5.